The third-order valence-corrected chi connectivity index (χ3v) is 4.14. The van der Waals surface area contributed by atoms with Crippen LogP contribution in [0.15, 0.2) is 22.7 Å². The first kappa shape index (κ1) is 16.9. The molecule has 1 aromatic carbocycles. The van der Waals surface area contributed by atoms with Gasteiger partial charge in [-0.1, -0.05) is 28.1 Å². The summed E-state index contributed by atoms with van der Waals surface area (Å²) >= 11 is 3.49. The summed E-state index contributed by atoms with van der Waals surface area (Å²) in [5.41, 5.74) is 5.62. The Kier molecular flexibility index (Phi) is 5.98. The van der Waals surface area contributed by atoms with Crippen LogP contribution in [0.2, 0.25) is 0 Å². The normalized spacial score (nSPS) is 17.1. The molecule has 1 atom stereocenters. The van der Waals surface area contributed by atoms with Crippen molar-refractivity contribution in [2.75, 3.05) is 13.1 Å². The van der Waals surface area contributed by atoms with E-state index < -0.39 is 12.0 Å². The van der Waals surface area contributed by atoms with Crippen molar-refractivity contribution in [3.63, 3.8) is 0 Å². The van der Waals surface area contributed by atoms with E-state index in [0.29, 0.717) is 6.54 Å². The smallest absolute Gasteiger partial charge is 0.305 e. The van der Waals surface area contributed by atoms with Gasteiger partial charge in [0.25, 0.3) is 5.91 Å². The lowest BCUT2D eigenvalue weighted by Gasteiger charge is -2.36. The highest BCUT2D eigenvalue weighted by Gasteiger charge is 2.33. The number of amides is 1. The molecular weight excluding hydrogens is 348 g/mol. The minimum Gasteiger partial charge on any atom is -1.00 e. The van der Waals surface area contributed by atoms with Gasteiger partial charge in [0, 0.05) is 11.0 Å². The summed E-state index contributed by atoms with van der Waals surface area (Å²) in [4.78, 5) is 24.6. The average molecular weight is 364 g/mol. The molecule has 0 aromatic heterocycles. The van der Waals surface area contributed by atoms with Gasteiger partial charge in [0.2, 0.25) is 0 Å². The number of rotatable bonds is 3. The minimum atomic E-state index is -0.903. The number of carboxylic acids is 1. The van der Waals surface area contributed by atoms with Crippen molar-refractivity contribution in [1.29, 1.82) is 0 Å². The van der Waals surface area contributed by atoms with E-state index in [1.165, 1.54) is 0 Å². The highest BCUT2D eigenvalue weighted by atomic mass is 79.9. The molecule has 0 saturated heterocycles. The van der Waals surface area contributed by atoms with Crippen LogP contribution < -0.4 is 18.1 Å². The van der Waals surface area contributed by atoms with Crippen molar-refractivity contribution in [3.05, 3.63) is 33.8 Å². The quantitative estimate of drug-likeness (QED) is 0.628. The van der Waals surface area contributed by atoms with Crippen LogP contribution >= 0.6 is 15.9 Å². The fourth-order valence-electron chi connectivity index (χ4n) is 2.53. The number of fused-ring (bicyclic) bond motifs is 1. The van der Waals surface area contributed by atoms with E-state index in [1.807, 2.05) is 18.2 Å². The van der Waals surface area contributed by atoms with E-state index in [1.54, 1.807) is 4.90 Å². The van der Waals surface area contributed by atoms with Crippen LogP contribution in [0.1, 0.15) is 23.6 Å². The fraction of sp³-hybridized carbons (Fsp3) is 0.385. The van der Waals surface area contributed by atoms with Crippen molar-refractivity contribution in [3.8, 4) is 0 Å². The summed E-state index contributed by atoms with van der Waals surface area (Å²) < 4.78 is 0.974. The Morgan fingerprint density at radius 2 is 2.15 bits per heavy atom. The van der Waals surface area contributed by atoms with E-state index in [-0.39, 0.29) is 31.3 Å². The first-order valence-electron chi connectivity index (χ1n) is 6.12. The number of hydrogen-bond donors (Lipinski definition) is 2. The lowest BCUT2D eigenvalue weighted by Crippen LogP contribution is -3.00. The molecule has 2 rings (SSSR count). The SMILES string of the molecule is [Cl-].[NH3+]CC(=O)N1CCc2c(Br)cccc2C1CC(=O)O. The molecule has 5 nitrogen and oxygen atoms in total. The summed E-state index contributed by atoms with van der Waals surface area (Å²) in [5, 5.41) is 9.07. The maximum absolute atomic E-state index is 11.9. The largest absolute Gasteiger partial charge is 1.00 e. The second-order valence-corrected chi connectivity index (χ2v) is 5.36. The highest BCUT2D eigenvalue weighted by molar-refractivity contribution is 9.10. The van der Waals surface area contributed by atoms with Gasteiger partial charge in [0.15, 0.2) is 6.54 Å². The third kappa shape index (κ3) is 3.31. The molecule has 0 radical (unpaired) electrons. The zero-order valence-corrected chi connectivity index (χ0v) is 13.2. The van der Waals surface area contributed by atoms with Gasteiger partial charge in [-0.2, -0.15) is 0 Å². The molecule has 1 aliphatic heterocycles. The number of nitrogens with zero attached hydrogens (tertiary/aromatic N) is 1. The van der Waals surface area contributed by atoms with Crippen molar-refractivity contribution in [2.24, 2.45) is 0 Å². The Balaban J connectivity index is 0.00000200. The minimum absolute atomic E-state index is 0. The molecule has 0 saturated carbocycles. The molecule has 1 heterocycles. The van der Waals surface area contributed by atoms with Gasteiger partial charge in [-0.05, 0) is 23.6 Å². The third-order valence-electron chi connectivity index (χ3n) is 3.40. The van der Waals surface area contributed by atoms with E-state index in [0.717, 1.165) is 22.0 Å². The molecule has 0 bridgehead atoms. The average Bonchev–Trinajstić information content (AvgIpc) is 2.38. The maximum Gasteiger partial charge on any atom is 0.305 e. The van der Waals surface area contributed by atoms with Crippen LogP contribution in [0.25, 0.3) is 0 Å². The monoisotopic (exact) mass is 362 g/mol. The van der Waals surface area contributed by atoms with Crippen LogP contribution in [-0.4, -0.2) is 35.0 Å². The molecule has 1 aliphatic rings. The number of halogens is 2. The molecule has 1 unspecified atom stereocenters. The summed E-state index contributed by atoms with van der Waals surface area (Å²) in [7, 11) is 0. The lowest BCUT2D eigenvalue weighted by molar-refractivity contribution is -0.357. The van der Waals surface area contributed by atoms with Gasteiger partial charge in [-0.25, -0.2) is 0 Å². The topological polar surface area (TPSA) is 85.3 Å². The Labute approximate surface area is 131 Å². The molecule has 0 spiro atoms. The predicted octanol–water partition coefficient (Wildman–Crippen LogP) is -2.40. The molecule has 110 valence electrons. The zero-order chi connectivity index (χ0) is 14.0. The molecule has 7 heteroatoms. The Morgan fingerprint density at radius 1 is 1.45 bits per heavy atom. The first-order valence-corrected chi connectivity index (χ1v) is 6.91. The van der Waals surface area contributed by atoms with Crippen LogP contribution in [0.5, 0.6) is 0 Å². The van der Waals surface area contributed by atoms with Gasteiger partial charge in [0.05, 0.1) is 12.5 Å². The second-order valence-electron chi connectivity index (χ2n) is 4.51. The second kappa shape index (κ2) is 7.06. The van der Waals surface area contributed by atoms with Gasteiger partial charge in [-0.15, -0.1) is 0 Å². The molecule has 0 aliphatic carbocycles. The zero-order valence-electron chi connectivity index (χ0n) is 10.8. The number of hydrogen-bond acceptors (Lipinski definition) is 2. The van der Waals surface area contributed by atoms with Crippen molar-refractivity contribution in [1.82, 2.24) is 4.90 Å². The van der Waals surface area contributed by atoms with Crippen molar-refractivity contribution < 1.29 is 32.8 Å². The number of quaternary nitrogens is 1. The molecule has 0 fully saturated rings. The number of carbonyl (C=O) groups is 2. The number of benzene rings is 1. The van der Waals surface area contributed by atoms with E-state index in [4.69, 9.17) is 5.11 Å². The number of carbonyl (C=O) groups excluding carboxylic acids is 1. The molecule has 1 amide bonds. The standard InChI is InChI=1S/C13H15BrN2O3.ClH/c14-10-3-1-2-9-8(10)4-5-16(12(17)7-15)11(9)6-13(18)19;/h1-3,11H,4-7,15H2,(H,18,19);1H. The molecule has 1 aromatic rings. The van der Waals surface area contributed by atoms with Gasteiger partial charge >= 0.3 is 5.97 Å². The van der Waals surface area contributed by atoms with Crippen molar-refractivity contribution in [2.45, 2.75) is 18.9 Å². The highest BCUT2D eigenvalue weighted by Crippen LogP contribution is 2.35. The Hall–Kier alpha value is -1.11. The van der Waals surface area contributed by atoms with E-state index in [9.17, 15) is 9.59 Å². The maximum atomic E-state index is 11.9. The summed E-state index contributed by atoms with van der Waals surface area (Å²) in [6, 6.07) is 5.31. The van der Waals surface area contributed by atoms with Crippen LogP contribution in [0, 0.1) is 0 Å². The van der Waals surface area contributed by atoms with Crippen LogP contribution in [0.4, 0.5) is 0 Å². The van der Waals surface area contributed by atoms with Gasteiger partial charge < -0.3 is 28.1 Å². The van der Waals surface area contributed by atoms with Gasteiger partial charge in [0.1, 0.15) is 0 Å². The number of aliphatic carboxylic acids is 1. The van der Waals surface area contributed by atoms with Crippen LogP contribution in [-0.2, 0) is 16.0 Å². The lowest BCUT2D eigenvalue weighted by atomic mass is 9.90. The van der Waals surface area contributed by atoms with E-state index >= 15 is 0 Å². The predicted molar refractivity (Wildman–Crippen MR) is 72.3 cm³/mol. The summed E-state index contributed by atoms with van der Waals surface area (Å²) in [6.45, 7) is 0.696. The molecule has 20 heavy (non-hydrogen) atoms. The Bertz CT molecular complexity index is 524. The Morgan fingerprint density at radius 3 is 2.75 bits per heavy atom. The fourth-order valence-corrected chi connectivity index (χ4v) is 3.11. The van der Waals surface area contributed by atoms with Crippen LogP contribution in [0.3, 0.4) is 0 Å². The summed E-state index contributed by atoms with van der Waals surface area (Å²) in [6.07, 6.45) is 0.661. The first-order chi connectivity index (χ1) is 9.04. The molecular formula is C13H16BrClN2O3. The van der Waals surface area contributed by atoms with Crippen molar-refractivity contribution >= 4 is 27.8 Å². The van der Waals surface area contributed by atoms with E-state index in [2.05, 4.69) is 21.7 Å². The summed E-state index contributed by atoms with van der Waals surface area (Å²) in [5.74, 6) is -1.00. The van der Waals surface area contributed by atoms with Gasteiger partial charge in [-0.3, -0.25) is 9.59 Å². The number of carboxylic acid groups (broad SMARTS) is 1. The molecule has 4 N–H and O–H groups in total.